The molecule has 1 atom stereocenters. The molecule has 0 bridgehead atoms. The summed E-state index contributed by atoms with van der Waals surface area (Å²) in [5.74, 6) is -0.805. The van der Waals surface area contributed by atoms with E-state index in [-0.39, 0.29) is 17.1 Å². The molecule has 0 aliphatic heterocycles. The molecule has 12 heteroatoms. The fraction of sp³-hybridized carbons (Fsp3) is 0.286. The number of likely N-dealkylation sites (N-methyl/N-ethyl adjacent to an activating group) is 1. The quantitative estimate of drug-likeness (QED) is 0.386. The third-order valence-electron chi connectivity index (χ3n) is 6.25. The summed E-state index contributed by atoms with van der Waals surface area (Å²) in [7, 11) is -1.64. The monoisotopic (exact) mass is 577 g/mol. The van der Waals surface area contributed by atoms with Crippen LogP contribution in [0.3, 0.4) is 0 Å². The van der Waals surface area contributed by atoms with Crippen molar-refractivity contribution in [3.63, 3.8) is 0 Å². The average molecular weight is 578 g/mol. The fourth-order valence-corrected chi connectivity index (χ4v) is 5.37. The minimum absolute atomic E-state index is 0.0916. The molecule has 8 nitrogen and oxygen atoms in total. The number of amides is 2. The number of sulfonamides is 1. The van der Waals surface area contributed by atoms with Gasteiger partial charge in [0.05, 0.1) is 23.3 Å². The van der Waals surface area contributed by atoms with Crippen molar-refractivity contribution in [2.75, 3.05) is 25.0 Å². The Morgan fingerprint density at radius 3 is 2.25 bits per heavy atom. The number of nitrogens with one attached hydrogen (secondary N) is 1. The number of ether oxygens (including phenoxy) is 1. The topological polar surface area (TPSA) is 96.0 Å². The Bertz CT molecular complexity index is 1460. The summed E-state index contributed by atoms with van der Waals surface area (Å²) in [5.41, 5.74) is -0.0637. The lowest BCUT2D eigenvalue weighted by Crippen LogP contribution is -2.50. The number of nitrogens with zero attached hydrogens (tertiary/aromatic N) is 2. The number of aryl methyl sites for hydroxylation is 1. The maximum Gasteiger partial charge on any atom is 0.416 e. The molecule has 1 unspecified atom stereocenters. The Kier molecular flexibility index (Phi) is 9.46. The van der Waals surface area contributed by atoms with E-state index in [1.54, 1.807) is 43.3 Å². The third kappa shape index (κ3) is 7.12. The van der Waals surface area contributed by atoms with Gasteiger partial charge in [0, 0.05) is 13.6 Å². The van der Waals surface area contributed by atoms with Crippen molar-refractivity contribution in [2.45, 2.75) is 37.5 Å². The summed E-state index contributed by atoms with van der Waals surface area (Å²) in [6.07, 6.45) is -4.74. The van der Waals surface area contributed by atoms with Crippen molar-refractivity contribution in [1.82, 2.24) is 10.2 Å². The zero-order chi connectivity index (χ0) is 29.7. The highest BCUT2D eigenvalue weighted by Gasteiger charge is 2.35. The number of hydrogen-bond donors (Lipinski definition) is 1. The van der Waals surface area contributed by atoms with Crippen LogP contribution in [0.25, 0.3) is 0 Å². The predicted octanol–water partition coefficient (Wildman–Crippen LogP) is 4.38. The minimum atomic E-state index is -4.74. The second-order valence-corrected chi connectivity index (χ2v) is 10.9. The summed E-state index contributed by atoms with van der Waals surface area (Å²) in [4.78, 5) is 27.3. The van der Waals surface area contributed by atoms with E-state index in [4.69, 9.17) is 4.74 Å². The van der Waals surface area contributed by atoms with Gasteiger partial charge in [0.25, 0.3) is 10.0 Å². The summed E-state index contributed by atoms with van der Waals surface area (Å²) in [6.45, 7) is 2.27. The van der Waals surface area contributed by atoms with Crippen LogP contribution in [0.5, 0.6) is 5.75 Å². The molecule has 40 heavy (non-hydrogen) atoms. The maximum absolute atomic E-state index is 13.7. The molecule has 0 radical (unpaired) electrons. The van der Waals surface area contributed by atoms with Gasteiger partial charge in [0.2, 0.25) is 11.8 Å². The Hall–Kier alpha value is -4.06. The first-order chi connectivity index (χ1) is 18.8. The van der Waals surface area contributed by atoms with Crippen molar-refractivity contribution >= 4 is 27.5 Å². The van der Waals surface area contributed by atoms with E-state index in [1.165, 1.54) is 44.2 Å². The van der Waals surface area contributed by atoms with Gasteiger partial charge >= 0.3 is 6.18 Å². The van der Waals surface area contributed by atoms with Crippen LogP contribution >= 0.6 is 0 Å². The number of hydrogen-bond acceptors (Lipinski definition) is 5. The van der Waals surface area contributed by atoms with Gasteiger partial charge in [0.15, 0.2) is 0 Å². The van der Waals surface area contributed by atoms with Crippen LogP contribution in [0.1, 0.15) is 23.6 Å². The lowest BCUT2D eigenvalue weighted by atomic mass is 10.1. The molecular weight excluding hydrogens is 547 g/mol. The number of methoxy groups -OCH3 is 1. The second-order valence-electron chi connectivity index (χ2n) is 9.04. The molecule has 0 saturated heterocycles. The number of carbonyl (C=O) groups excluding carboxylic acids is 2. The molecule has 3 aromatic rings. The highest BCUT2D eigenvalue weighted by Crippen LogP contribution is 2.33. The van der Waals surface area contributed by atoms with Crippen LogP contribution in [0.4, 0.5) is 18.9 Å². The van der Waals surface area contributed by atoms with Gasteiger partial charge in [0.1, 0.15) is 18.3 Å². The molecule has 0 saturated carbocycles. The van der Waals surface area contributed by atoms with Crippen molar-refractivity contribution in [3.8, 4) is 5.75 Å². The van der Waals surface area contributed by atoms with Crippen molar-refractivity contribution in [2.24, 2.45) is 0 Å². The molecule has 214 valence electrons. The lowest BCUT2D eigenvalue weighted by molar-refractivity contribution is -0.139. The van der Waals surface area contributed by atoms with E-state index in [9.17, 15) is 31.2 Å². The van der Waals surface area contributed by atoms with Gasteiger partial charge in [-0.1, -0.05) is 35.9 Å². The van der Waals surface area contributed by atoms with Gasteiger partial charge < -0.3 is 15.0 Å². The van der Waals surface area contributed by atoms with Crippen molar-refractivity contribution in [3.05, 3.63) is 89.5 Å². The fourth-order valence-electron chi connectivity index (χ4n) is 3.96. The Morgan fingerprint density at radius 2 is 1.65 bits per heavy atom. The SMILES string of the molecule is CNC(=O)C(C)N(Cc1cccc(OC)c1)C(=O)CN(c1cccc(C(F)(F)F)c1)S(=O)(=O)c1ccc(C)cc1. The van der Waals surface area contributed by atoms with E-state index in [1.807, 2.05) is 0 Å². The first-order valence-corrected chi connectivity index (χ1v) is 13.6. The van der Waals surface area contributed by atoms with Crippen molar-refractivity contribution in [1.29, 1.82) is 0 Å². The normalized spacial score (nSPS) is 12.4. The van der Waals surface area contributed by atoms with Crippen LogP contribution in [0.15, 0.2) is 77.7 Å². The lowest BCUT2D eigenvalue weighted by Gasteiger charge is -2.32. The van der Waals surface area contributed by atoms with E-state index >= 15 is 0 Å². The molecule has 0 spiro atoms. The van der Waals surface area contributed by atoms with Crippen LogP contribution in [0, 0.1) is 6.92 Å². The number of carbonyl (C=O) groups is 2. The zero-order valence-corrected chi connectivity index (χ0v) is 23.2. The number of rotatable bonds is 10. The van der Waals surface area contributed by atoms with Crippen LogP contribution in [-0.4, -0.2) is 51.9 Å². The Morgan fingerprint density at radius 1 is 1.00 bits per heavy atom. The molecule has 2 amide bonds. The molecular formula is C28H30F3N3O5S. The molecule has 0 aliphatic rings. The van der Waals surface area contributed by atoms with E-state index < -0.39 is 46.2 Å². The van der Waals surface area contributed by atoms with Crippen LogP contribution in [0.2, 0.25) is 0 Å². The number of anilines is 1. The predicted molar refractivity (Wildman–Crippen MR) is 144 cm³/mol. The summed E-state index contributed by atoms with van der Waals surface area (Å²) >= 11 is 0. The molecule has 0 aliphatic carbocycles. The van der Waals surface area contributed by atoms with E-state index in [0.29, 0.717) is 21.7 Å². The first kappa shape index (κ1) is 30.5. The smallest absolute Gasteiger partial charge is 0.416 e. The molecule has 3 aromatic carbocycles. The molecule has 0 heterocycles. The summed E-state index contributed by atoms with van der Waals surface area (Å²) in [6, 6.07) is 15.2. The number of halogens is 3. The Balaban J connectivity index is 2.09. The average Bonchev–Trinajstić information content (AvgIpc) is 2.93. The second kappa shape index (κ2) is 12.4. The standard InChI is InChI=1S/C28H30F3N3O5S/c1-19-11-13-25(14-12-19)40(37,38)34(23-9-6-8-22(16-23)28(29,30)31)18-26(35)33(20(2)27(36)32-3)17-21-7-5-10-24(15-21)39-4/h5-16,20H,17-18H2,1-4H3,(H,32,36). The zero-order valence-electron chi connectivity index (χ0n) is 22.4. The first-order valence-electron chi connectivity index (χ1n) is 12.2. The maximum atomic E-state index is 13.7. The van der Waals surface area contributed by atoms with Crippen LogP contribution in [-0.2, 0) is 32.3 Å². The van der Waals surface area contributed by atoms with Gasteiger partial charge in [-0.2, -0.15) is 13.2 Å². The van der Waals surface area contributed by atoms with Crippen molar-refractivity contribution < 1.29 is 35.9 Å². The Labute approximate surface area is 231 Å². The number of alkyl halides is 3. The number of benzene rings is 3. The van der Waals surface area contributed by atoms with E-state index in [2.05, 4.69) is 5.32 Å². The summed E-state index contributed by atoms with van der Waals surface area (Å²) in [5, 5.41) is 2.46. The van der Waals surface area contributed by atoms with Crippen LogP contribution < -0.4 is 14.4 Å². The molecule has 3 rings (SSSR count). The minimum Gasteiger partial charge on any atom is -0.497 e. The van der Waals surface area contributed by atoms with Gasteiger partial charge in [-0.25, -0.2) is 8.42 Å². The highest BCUT2D eigenvalue weighted by molar-refractivity contribution is 7.92. The van der Waals surface area contributed by atoms with Gasteiger partial charge in [-0.05, 0) is 61.9 Å². The third-order valence-corrected chi connectivity index (χ3v) is 8.04. The molecule has 0 fully saturated rings. The van der Waals surface area contributed by atoms with Gasteiger partial charge in [-0.15, -0.1) is 0 Å². The molecule has 0 aromatic heterocycles. The summed E-state index contributed by atoms with van der Waals surface area (Å²) < 4.78 is 73.9. The van der Waals surface area contributed by atoms with E-state index in [0.717, 1.165) is 17.7 Å². The largest absolute Gasteiger partial charge is 0.497 e. The van der Waals surface area contributed by atoms with Gasteiger partial charge in [-0.3, -0.25) is 13.9 Å². The highest BCUT2D eigenvalue weighted by atomic mass is 32.2. The molecule has 1 N–H and O–H groups in total.